The molecule has 0 bridgehead atoms. The lowest BCUT2D eigenvalue weighted by Crippen LogP contribution is -2.18. The van der Waals surface area contributed by atoms with Crippen molar-refractivity contribution in [1.82, 2.24) is 9.55 Å². The standard InChI is InChI=1S/C18H13N3/c1-20-15-9-4-7-13-12-6-2-3-8-14(12)21(17(13)15)18-16(20)10-5-11-19-18/h2-11H,1H3. The molecule has 4 aromatic rings. The molecular formula is C18H13N3. The van der Waals surface area contributed by atoms with E-state index in [0.29, 0.717) is 0 Å². The van der Waals surface area contributed by atoms with Crippen LogP contribution in [0.3, 0.4) is 0 Å². The first-order chi connectivity index (χ1) is 10.4. The van der Waals surface area contributed by atoms with Crippen molar-refractivity contribution in [3.63, 3.8) is 0 Å². The van der Waals surface area contributed by atoms with Gasteiger partial charge in [0.2, 0.25) is 0 Å². The Labute approximate surface area is 122 Å². The van der Waals surface area contributed by atoms with Gasteiger partial charge in [0, 0.05) is 24.0 Å². The zero-order valence-corrected chi connectivity index (χ0v) is 11.6. The van der Waals surface area contributed by atoms with Crippen molar-refractivity contribution >= 4 is 33.2 Å². The summed E-state index contributed by atoms with van der Waals surface area (Å²) in [6.45, 7) is 0. The van der Waals surface area contributed by atoms with Crippen LogP contribution in [0.4, 0.5) is 11.4 Å². The molecule has 1 aliphatic heterocycles. The van der Waals surface area contributed by atoms with Crippen LogP contribution in [0.15, 0.2) is 60.8 Å². The maximum absolute atomic E-state index is 4.64. The van der Waals surface area contributed by atoms with E-state index in [4.69, 9.17) is 0 Å². The number of pyridine rings is 1. The van der Waals surface area contributed by atoms with Gasteiger partial charge in [-0.1, -0.05) is 30.3 Å². The molecule has 0 aliphatic carbocycles. The second kappa shape index (κ2) is 3.64. The number of benzene rings is 2. The van der Waals surface area contributed by atoms with Gasteiger partial charge in [-0.15, -0.1) is 0 Å². The van der Waals surface area contributed by atoms with Crippen LogP contribution >= 0.6 is 0 Å². The summed E-state index contributed by atoms with van der Waals surface area (Å²) in [5.41, 5.74) is 4.82. The van der Waals surface area contributed by atoms with Gasteiger partial charge in [0.25, 0.3) is 0 Å². The molecule has 0 amide bonds. The fraction of sp³-hybridized carbons (Fsp3) is 0.0556. The summed E-state index contributed by atoms with van der Waals surface area (Å²) < 4.78 is 2.29. The monoisotopic (exact) mass is 271 g/mol. The average molecular weight is 271 g/mol. The first-order valence-electron chi connectivity index (χ1n) is 7.07. The first-order valence-corrected chi connectivity index (χ1v) is 7.07. The smallest absolute Gasteiger partial charge is 0.161 e. The van der Waals surface area contributed by atoms with Gasteiger partial charge < -0.3 is 4.90 Å². The van der Waals surface area contributed by atoms with Gasteiger partial charge >= 0.3 is 0 Å². The minimum absolute atomic E-state index is 1.00. The Hall–Kier alpha value is -2.81. The van der Waals surface area contributed by atoms with Crippen LogP contribution < -0.4 is 4.90 Å². The van der Waals surface area contributed by atoms with Crippen molar-refractivity contribution in [1.29, 1.82) is 0 Å². The van der Waals surface area contributed by atoms with E-state index in [2.05, 4.69) is 70.0 Å². The van der Waals surface area contributed by atoms with Crippen LogP contribution in [-0.2, 0) is 0 Å². The lowest BCUT2D eigenvalue weighted by atomic mass is 10.1. The Morgan fingerprint density at radius 3 is 2.57 bits per heavy atom. The quantitative estimate of drug-likeness (QED) is 0.476. The highest BCUT2D eigenvalue weighted by Crippen LogP contribution is 2.44. The topological polar surface area (TPSA) is 21.1 Å². The van der Waals surface area contributed by atoms with Gasteiger partial charge in [0.15, 0.2) is 5.82 Å². The maximum Gasteiger partial charge on any atom is 0.161 e. The lowest BCUT2D eigenvalue weighted by Gasteiger charge is -2.28. The predicted molar refractivity (Wildman–Crippen MR) is 86.6 cm³/mol. The minimum Gasteiger partial charge on any atom is -0.340 e. The largest absolute Gasteiger partial charge is 0.340 e. The van der Waals surface area contributed by atoms with Crippen molar-refractivity contribution in [2.24, 2.45) is 0 Å². The summed E-state index contributed by atoms with van der Waals surface area (Å²) in [5.74, 6) is 1.00. The molecule has 0 atom stereocenters. The summed E-state index contributed by atoms with van der Waals surface area (Å²) in [5, 5.41) is 2.56. The van der Waals surface area contributed by atoms with Crippen molar-refractivity contribution in [3.05, 3.63) is 60.8 Å². The molecule has 0 spiro atoms. The predicted octanol–water partition coefficient (Wildman–Crippen LogP) is 4.26. The number of anilines is 2. The Morgan fingerprint density at radius 2 is 1.62 bits per heavy atom. The van der Waals surface area contributed by atoms with Gasteiger partial charge in [-0.25, -0.2) is 4.98 Å². The van der Waals surface area contributed by atoms with Crippen molar-refractivity contribution in [2.75, 3.05) is 11.9 Å². The number of hydrogen-bond acceptors (Lipinski definition) is 2. The SMILES string of the molecule is CN1c2cccnc2-n2c3ccccc3c3cccc1c32. The zero-order chi connectivity index (χ0) is 14.0. The number of hydrogen-bond donors (Lipinski definition) is 0. The van der Waals surface area contributed by atoms with Crippen LogP contribution in [0, 0.1) is 0 Å². The van der Waals surface area contributed by atoms with Crippen molar-refractivity contribution < 1.29 is 0 Å². The first kappa shape index (κ1) is 10.9. The average Bonchev–Trinajstić information content (AvgIpc) is 2.88. The van der Waals surface area contributed by atoms with Gasteiger partial charge in [-0.2, -0.15) is 0 Å². The third-order valence-electron chi connectivity index (χ3n) is 4.37. The van der Waals surface area contributed by atoms with Crippen LogP contribution in [0.1, 0.15) is 0 Å². The van der Waals surface area contributed by atoms with E-state index in [1.54, 1.807) is 0 Å². The molecule has 2 aromatic carbocycles. The van der Waals surface area contributed by atoms with Gasteiger partial charge in [-0.05, 0) is 24.3 Å². The molecule has 0 N–H and O–H groups in total. The summed E-state index contributed by atoms with van der Waals surface area (Å²) in [4.78, 5) is 6.86. The van der Waals surface area contributed by atoms with E-state index < -0.39 is 0 Å². The molecule has 0 radical (unpaired) electrons. The molecule has 3 heteroatoms. The summed E-state index contributed by atoms with van der Waals surface area (Å²) >= 11 is 0. The van der Waals surface area contributed by atoms with E-state index in [-0.39, 0.29) is 0 Å². The molecule has 0 unspecified atom stereocenters. The van der Waals surface area contributed by atoms with Gasteiger partial charge in [0.1, 0.15) is 0 Å². The summed E-state index contributed by atoms with van der Waals surface area (Å²) in [6.07, 6.45) is 1.86. The van der Waals surface area contributed by atoms with Crippen LogP contribution in [0.2, 0.25) is 0 Å². The number of para-hydroxylation sites is 2. The maximum atomic E-state index is 4.64. The molecule has 5 rings (SSSR count). The van der Waals surface area contributed by atoms with Crippen molar-refractivity contribution in [2.45, 2.75) is 0 Å². The Kier molecular flexibility index (Phi) is 1.89. The van der Waals surface area contributed by atoms with Crippen LogP contribution in [0.5, 0.6) is 0 Å². The highest BCUT2D eigenvalue weighted by atomic mass is 15.2. The number of rotatable bonds is 0. The summed E-state index contributed by atoms with van der Waals surface area (Å²) in [7, 11) is 2.11. The second-order valence-electron chi connectivity index (χ2n) is 5.43. The third-order valence-corrected chi connectivity index (χ3v) is 4.37. The summed E-state index contributed by atoms with van der Waals surface area (Å²) in [6, 6.07) is 19.2. The second-order valence-corrected chi connectivity index (χ2v) is 5.43. The fourth-order valence-electron chi connectivity index (χ4n) is 3.44. The van der Waals surface area contributed by atoms with E-state index >= 15 is 0 Å². The molecule has 100 valence electrons. The van der Waals surface area contributed by atoms with Crippen LogP contribution in [0.25, 0.3) is 27.6 Å². The molecule has 21 heavy (non-hydrogen) atoms. The molecule has 2 aromatic heterocycles. The Morgan fingerprint density at radius 1 is 0.810 bits per heavy atom. The van der Waals surface area contributed by atoms with E-state index in [1.165, 1.54) is 27.5 Å². The van der Waals surface area contributed by atoms with E-state index in [0.717, 1.165) is 11.5 Å². The normalized spacial score (nSPS) is 12.9. The fourth-order valence-corrected chi connectivity index (χ4v) is 3.44. The molecule has 0 saturated carbocycles. The lowest BCUT2D eigenvalue weighted by molar-refractivity contribution is 1.02. The molecular weight excluding hydrogens is 258 g/mol. The highest BCUT2D eigenvalue weighted by molar-refractivity contribution is 6.15. The molecule has 0 saturated heterocycles. The van der Waals surface area contributed by atoms with Crippen molar-refractivity contribution in [3.8, 4) is 5.82 Å². The minimum atomic E-state index is 1.00. The van der Waals surface area contributed by atoms with Gasteiger partial charge in [-0.3, -0.25) is 4.57 Å². The highest BCUT2D eigenvalue weighted by Gasteiger charge is 2.25. The zero-order valence-electron chi connectivity index (χ0n) is 11.6. The van der Waals surface area contributed by atoms with E-state index in [1.807, 2.05) is 12.3 Å². The third kappa shape index (κ3) is 1.21. The Bertz CT molecular complexity index is 1010. The molecule has 3 heterocycles. The van der Waals surface area contributed by atoms with Crippen LogP contribution in [-0.4, -0.2) is 16.6 Å². The molecule has 3 nitrogen and oxygen atoms in total. The van der Waals surface area contributed by atoms with Gasteiger partial charge in [0.05, 0.1) is 22.4 Å². The molecule has 0 fully saturated rings. The molecule has 1 aliphatic rings. The number of fused-ring (bicyclic) bond motifs is 5. The number of aromatic nitrogens is 2. The van der Waals surface area contributed by atoms with E-state index in [9.17, 15) is 0 Å². The number of nitrogens with zero attached hydrogens (tertiary/aromatic N) is 3. The Balaban J connectivity index is 2.13.